The van der Waals surface area contributed by atoms with E-state index in [1.807, 2.05) is 7.05 Å². The molecular weight excluding hydrogens is 397 g/mol. The minimum absolute atomic E-state index is 0.0431. The van der Waals surface area contributed by atoms with Gasteiger partial charge in [-0.05, 0) is 63.0 Å². The first kappa shape index (κ1) is 22.0. The quantitative estimate of drug-likeness (QED) is 0.804. The van der Waals surface area contributed by atoms with E-state index in [1.165, 1.54) is 28.9 Å². The summed E-state index contributed by atoms with van der Waals surface area (Å²) < 4.78 is 39.9. The second-order valence-corrected chi connectivity index (χ2v) is 7.53. The van der Waals surface area contributed by atoms with Crippen molar-refractivity contribution in [2.45, 2.75) is 38.5 Å². The summed E-state index contributed by atoms with van der Waals surface area (Å²) in [6.07, 6.45) is -2.59. The van der Waals surface area contributed by atoms with Crippen molar-refractivity contribution in [2.24, 2.45) is 5.92 Å². The Hall–Kier alpha value is -2.68. The lowest BCUT2D eigenvalue weighted by molar-refractivity contribution is -0.137. The van der Waals surface area contributed by atoms with Gasteiger partial charge >= 0.3 is 6.18 Å². The summed E-state index contributed by atoms with van der Waals surface area (Å²) in [6, 6.07) is 7.84. The molecule has 3 rings (SSSR count). The Morgan fingerprint density at radius 3 is 2.53 bits per heavy atom. The van der Waals surface area contributed by atoms with Gasteiger partial charge in [-0.25, -0.2) is 4.68 Å². The molecule has 1 amide bonds. The molecule has 0 radical (unpaired) electrons. The van der Waals surface area contributed by atoms with Gasteiger partial charge in [0.25, 0.3) is 11.5 Å². The number of amides is 1. The van der Waals surface area contributed by atoms with Crippen molar-refractivity contribution >= 4 is 5.91 Å². The summed E-state index contributed by atoms with van der Waals surface area (Å²) in [5.74, 6) is -0.335. The molecule has 0 bridgehead atoms. The average Bonchev–Trinajstić information content (AvgIpc) is 2.72. The van der Waals surface area contributed by atoms with Crippen LogP contribution < -0.4 is 10.9 Å². The number of halogens is 3. The molecule has 2 heterocycles. The SMILES string of the molecule is CCn1nc(C(=O)NCC2CCCN(C)C2c2ccc(C(F)(F)F)cc2)ccc1=O. The van der Waals surface area contributed by atoms with Gasteiger partial charge in [-0.3, -0.25) is 14.5 Å². The Kier molecular flexibility index (Phi) is 6.60. The van der Waals surface area contributed by atoms with Gasteiger partial charge in [-0.1, -0.05) is 12.1 Å². The standard InChI is InChI=1S/C21H25F3N4O2/c1-3-28-18(29)11-10-17(26-28)20(30)25-13-15-5-4-12-27(2)19(15)14-6-8-16(9-7-14)21(22,23)24/h6-11,15,19H,3-5,12-13H2,1-2H3,(H,25,30). The number of rotatable bonds is 5. The van der Waals surface area contributed by atoms with E-state index in [1.54, 1.807) is 6.92 Å². The molecule has 6 nitrogen and oxygen atoms in total. The molecule has 1 aliphatic heterocycles. The fraction of sp³-hybridized carbons (Fsp3) is 0.476. The number of hydrogen-bond donors (Lipinski definition) is 1. The number of nitrogens with one attached hydrogen (secondary N) is 1. The number of hydrogen-bond acceptors (Lipinski definition) is 4. The number of alkyl halides is 3. The molecular formula is C21H25F3N4O2. The molecule has 2 atom stereocenters. The number of benzene rings is 1. The Bertz CT molecular complexity index is 941. The van der Waals surface area contributed by atoms with Crippen molar-refractivity contribution < 1.29 is 18.0 Å². The van der Waals surface area contributed by atoms with Gasteiger partial charge in [0.05, 0.1) is 5.56 Å². The van der Waals surface area contributed by atoms with Crippen LogP contribution in [0, 0.1) is 5.92 Å². The summed E-state index contributed by atoms with van der Waals surface area (Å²) in [6.45, 7) is 3.33. The fourth-order valence-corrected chi connectivity index (χ4v) is 3.98. The first-order chi connectivity index (χ1) is 14.2. The lowest BCUT2D eigenvalue weighted by atomic mass is 9.84. The van der Waals surface area contributed by atoms with E-state index in [4.69, 9.17) is 0 Å². The third-order valence-corrected chi connectivity index (χ3v) is 5.51. The zero-order valence-corrected chi connectivity index (χ0v) is 16.9. The number of nitrogens with zero attached hydrogens (tertiary/aromatic N) is 3. The Morgan fingerprint density at radius 2 is 1.90 bits per heavy atom. The van der Waals surface area contributed by atoms with Gasteiger partial charge in [0.15, 0.2) is 0 Å². The van der Waals surface area contributed by atoms with E-state index < -0.39 is 11.7 Å². The molecule has 30 heavy (non-hydrogen) atoms. The third kappa shape index (κ3) is 4.89. The first-order valence-corrected chi connectivity index (χ1v) is 9.94. The maximum absolute atomic E-state index is 12.9. The molecule has 0 saturated carbocycles. The molecule has 0 spiro atoms. The lowest BCUT2D eigenvalue weighted by Crippen LogP contribution is -2.42. The van der Waals surface area contributed by atoms with Crippen LogP contribution >= 0.6 is 0 Å². The number of carbonyl (C=O) groups is 1. The van der Waals surface area contributed by atoms with Crippen molar-refractivity contribution in [1.29, 1.82) is 0 Å². The van der Waals surface area contributed by atoms with Crippen LogP contribution in [0.3, 0.4) is 0 Å². The second-order valence-electron chi connectivity index (χ2n) is 7.53. The third-order valence-electron chi connectivity index (χ3n) is 5.51. The summed E-state index contributed by atoms with van der Waals surface area (Å²) in [5.41, 5.74) is 0.00538. The highest BCUT2D eigenvalue weighted by atomic mass is 19.4. The van der Waals surface area contributed by atoms with E-state index in [2.05, 4.69) is 15.3 Å². The lowest BCUT2D eigenvalue weighted by Gasteiger charge is -2.39. The molecule has 2 aromatic rings. The molecule has 162 valence electrons. The molecule has 1 aliphatic rings. The van der Waals surface area contributed by atoms with E-state index in [0.29, 0.717) is 13.1 Å². The molecule has 1 aromatic carbocycles. The fourth-order valence-electron chi connectivity index (χ4n) is 3.98. The highest BCUT2D eigenvalue weighted by Crippen LogP contribution is 2.36. The summed E-state index contributed by atoms with van der Waals surface area (Å²) in [4.78, 5) is 26.3. The predicted octanol–water partition coefficient (Wildman–Crippen LogP) is 3.09. The summed E-state index contributed by atoms with van der Waals surface area (Å²) in [5, 5.41) is 6.93. The van der Waals surface area contributed by atoms with Gasteiger partial charge in [0, 0.05) is 25.2 Å². The van der Waals surface area contributed by atoms with Crippen molar-refractivity contribution in [3.8, 4) is 0 Å². The summed E-state index contributed by atoms with van der Waals surface area (Å²) >= 11 is 0. The van der Waals surface area contributed by atoms with Gasteiger partial charge in [0.2, 0.25) is 0 Å². The Morgan fingerprint density at radius 1 is 1.20 bits per heavy atom. The maximum Gasteiger partial charge on any atom is 0.416 e. The van der Waals surface area contributed by atoms with Crippen LogP contribution in [0.1, 0.15) is 47.4 Å². The van der Waals surface area contributed by atoms with Crippen LogP contribution in [-0.2, 0) is 12.7 Å². The summed E-state index contributed by atoms with van der Waals surface area (Å²) in [7, 11) is 1.94. The van der Waals surface area contributed by atoms with E-state index in [0.717, 1.165) is 37.1 Å². The largest absolute Gasteiger partial charge is 0.416 e. The van der Waals surface area contributed by atoms with Gasteiger partial charge in [0.1, 0.15) is 5.69 Å². The van der Waals surface area contributed by atoms with E-state index in [-0.39, 0.29) is 29.1 Å². The highest BCUT2D eigenvalue weighted by Gasteiger charge is 2.33. The predicted molar refractivity (Wildman–Crippen MR) is 106 cm³/mol. The van der Waals surface area contributed by atoms with Gasteiger partial charge in [-0.2, -0.15) is 18.3 Å². The van der Waals surface area contributed by atoms with Gasteiger partial charge in [-0.15, -0.1) is 0 Å². The number of carbonyl (C=O) groups excluding carboxylic acids is 1. The zero-order chi connectivity index (χ0) is 21.9. The minimum atomic E-state index is -4.37. The Labute approximate surface area is 172 Å². The molecule has 0 aliphatic carbocycles. The molecule has 1 saturated heterocycles. The monoisotopic (exact) mass is 422 g/mol. The molecule has 1 N–H and O–H groups in total. The van der Waals surface area contributed by atoms with Crippen molar-refractivity contribution in [3.63, 3.8) is 0 Å². The Balaban J connectivity index is 1.73. The van der Waals surface area contributed by atoms with Crippen LogP contribution in [-0.4, -0.2) is 40.7 Å². The van der Waals surface area contributed by atoms with Crippen LogP contribution in [0.15, 0.2) is 41.2 Å². The van der Waals surface area contributed by atoms with E-state index in [9.17, 15) is 22.8 Å². The van der Waals surface area contributed by atoms with Crippen LogP contribution in [0.25, 0.3) is 0 Å². The van der Waals surface area contributed by atoms with Gasteiger partial charge < -0.3 is 5.32 Å². The van der Waals surface area contributed by atoms with Crippen LogP contribution in [0.5, 0.6) is 0 Å². The van der Waals surface area contributed by atoms with Crippen molar-refractivity contribution in [1.82, 2.24) is 20.0 Å². The number of aromatic nitrogens is 2. The molecule has 9 heteroatoms. The van der Waals surface area contributed by atoms with Crippen LogP contribution in [0.4, 0.5) is 13.2 Å². The number of likely N-dealkylation sites (tertiary alicyclic amines) is 1. The zero-order valence-electron chi connectivity index (χ0n) is 16.9. The number of piperidine rings is 1. The molecule has 1 aromatic heterocycles. The van der Waals surface area contributed by atoms with E-state index >= 15 is 0 Å². The average molecular weight is 422 g/mol. The van der Waals surface area contributed by atoms with Crippen LogP contribution in [0.2, 0.25) is 0 Å². The van der Waals surface area contributed by atoms with Crippen molar-refractivity contribution in [2.75, 3.05) is 20.1 Å². The minimum Gasteiger partial charge on any atom is -0.350 e. The normalized spacial score (nSPS) is 20.2. The van der Waals surface area contributed by atoms with Crippen molar-refractivity contribution in [3.05, 3.63) is 63.6 Å². The maximum atomic E-state index is 12.9. The first-order valence-electron chi connectivity index (χ1n) is 9.94. The molecule has 1 fully saturated rings. The highest BCUT2D eigenvalue weighted by molar-refractivity contribution is 5.91. The molecule has 2 unspecified atom stereocenters. The number of aryl methyl sites for hydroxylation is 1. The smallest absolute Gasteiger partial charge is 0.350 e. The topological polar surface area (TPSA) is 67.2 Å². The second kappa shape index (κ2) is 8.99.